The van der Waals surface area contributed by atoms with Crippen LogP contribution in [0.25, 0.3) is 0 Å². The lowest BCUT2D eigenvalue weighted by molar-refractivity contribution is 0.0696. The minimum atomic E-state index is -1.02. The van der Waals surface area contributed by atoms with Crippen molar-refractivity contribution >= 4 is 28.9 Å². The van der Waals surface area contributed by atoms with Crippen molar-refractivity contribution in [2.45, 2.75) is 0 Å². The van der Waals surface area contributed by atoms with Gasteiger partial charge < -0.3 is 10.8 Å². The van der Waals surface area contributed by atoms with E-state index in [0.717, 1.165) is 0 Å². The molecule has 0 fully saturated rings. The average Bonchev–Trinajstić information content (AvgIpc) is 2.04. The lowest BCUT2D eigenvalue weighted by Gasteiger charge is -1.95. The Morgan fingerprint density at radius 1 is 1.08 bits per heavy atom. The molecule has 0 radical (unpaired) electrons. The molecule has 5 heteroatoms. The van der Waals surface area contributed by atoms with Crippen LogP contribution in [0.3, 0.4) is 0 Å². The molecule has 0 unspecified atom stereocenters. The molecule has 1 aromatic carbocycles. The minimum Gasteiger partial charge on any atom is -0.478 e. The molecule has 0 aliphatic rings. The first-order valence-electron chi connectivity index (χ1n) is 3.24. The Morgan fingerprint density at radius 2 is 1.46 bits per heavy atom. The van der Waals surface area contributed by atoms with Gasteiger partial charge in [0.1, 0.15) is 0 Å². The third-order valence-electron chi connectivity index (χ3n) is 1.42. The first-order chi connectivity index (χ1) is 5.61. The molecular weight excluding hydrogens is 238 g/mol. The zero-order valence-electron chi connectivity index (χ0n) is 6.56. The third-order valence-corrected chi connectivity index (χ3v) is 1.42. The lowest BCUT2D eigenvalue weighted by Crippen LogP contribution is -2.10. The molecule has 1 amide bonds. The number of nitrogens with two attached hydrogens (primary N) is 1. The summed E-state index contributed by atoms with van der Waals surface area (Å²) in [6.45, 7) is 0. The van der Waals surface area contributed by atoms with E-state index in [1.165, 1.54) is 24.3 Å². The van der Waals surface area contributed by atoms with Gasteiger partial charge in [-0.2, -0.15) is 0 Å². The number of primary amides is 1. The normalized spacial score (nSPS) is 8.62. The smallest absolute Gasteiger partial charge is 0.335 e. The Kier molecular flexibility index (Phi) is 4.13. The van der Waals surface area contributed by atoms with Gasteiger partial charge in [0.2, 0.25) is 5.91 Å². The maximum Gasteiger partial charge on any atom is 0.335 e. The zero-order valence-corrected chi connectivity index (χ0v) is 8.27. The van der Waals surface area contributed by atoms with Crippen LogP contribution in [0.1, 0.15) is 20.7 Å². The molecule has 0 bridgehead atoms. The molecular formula is C8H8BrNO3. The second-order valence-corrected chi connectivity index (χ2v) is 2.25. The van der Waals surface area contributed by atoms with Gasteiger partial charge in [-0.3, -0.25) is 4.79 Å². The molecule has 0 spiro atoms. The summed E-state index contributed by atoms with van der Waals surface area (Å²) in [7, 11) is 0. The van der Waals surface area contributed by atoms with Crippen LogP contribution >= 0.6 is 17.0 Å². The van der Waals surface area contributed by atoms with Crippen LogP contribution < -0.4 is 5.73 Å². The van der Waals surface area contributed by atoms with E-state index in [4.69, 9.17) is 10.8 Å². The molecule has 13 heavy (non-hydrogen) atoms. The van der Waals surface area contributed by atoms with Crippen LogP contribution in [0.4, 0.5) is 0 Å². The summed E-state index contributed by atoms with van der Waals surface area (Å²) < 4.78 is 0. The fourth-order valence-electron chi connectivity index (χ4n) is 0.777. The molecule has 0 heterocycles. The standard InChI is InChI=1S/C8H7NO3.BrH/c9-7(10)5-1-3-6(4-2-5)8(11)12;/h1-4H,(H2,9,10)(H,11,12);1H. The molecule has 1 aromatic rings. The van der Waals surface area contributed by atoms with E-state index < -0.39 is 11.9 Å². The third kappa shape index (κ3) is 2.87. The van der Waals surface area contributed by atoms with E-state index in [9.17, 15) is 9.59 Å². The number of hydrogen-bond donors (Lipinski definition) is 2. The SMILES string of the molecule is Br.NC(=O)c1ccc(C(=O)O)cc1. The van der Waals surface area contributed by atoms with Crippen LogP contribution in [0.2, 0.25) is 0 Å². The highest BCUT2D eigenvalue weighted by molar-refractivity contribution is 8.93. The second-order valence-electron chi connectivity index (χ2n) is 2.25. The van der Waals surface area contributed by atoms with Crippen molar-refractivity contribution in [3.63, 3.8) is 0 Å². The minimum absolute atomic E-state index is 0. The van der Waals surface area contributed by atoms with E-state index in [0.29, 0.717) is 5.56 Å². The van der Waals surface area contributed by atoms with Gasteiger partial charge in [-0.15, -0.1) is 17.0 Å². The molecule has 3 N–H and O–H groups in total. The number of carbonyl (C=O) groups is 2. The number of amides is 1. The van der Waals surface area contributed by atoms with Crippen LogP contribution in [-0.4, -0.2) is 17.0 Å². The van der Waals surface area contributed by atoms with Gasteiger partial charge in [0.15, 0.2) is 0 Å². The van der Waals surface area contributed by atoms with E-state index in [1.54, 1.807) is 0 Å². The molecule has 0 aliphatic carbocycles. The molecule has 70 valence electrons. The number of carbonyl (C=O) groups excluding carboxylic acids is 1. The van der Waals surface area contributed by atoms with Crippen LogP contribution in [0.5, 0.6) is 0 Å². The lowest BCUT2D eigenvalue weighted by atomic mass is 10.1. The van der Waals surface area contributed by atoms with Gasteiger partial charge in [0.05, 0.1) is 5.56 Å². The van der Waals surface area contributed by atoms with Crippen LogP contribution in [-0.2, 0) is 0 Å². The number of hydrogen-bond acceptors (Lipinski definition) is 2. The van der Waals surface area contributed by atoms with Crippen molar-refractivity contribution < 1.29 is 14.7 Å². The highest BCUT2D eigenvalue weighted by Crippen LogP contribution is 2.03. The molecule has 0 aliphatic heterocycles. The van der Waals surface area contributed by atoms with Gasteiger partial charge >= 0.3 is 5.97 Å². The maximum atomic E-state index is 10.6. The summed E-state index contributed by atoms with van der Waals surface area (Å²) in [5, 5.41) is 8.50. The van der Waals surface area contributed by atoms with Crippen molar-refractivity contribution in [2.75, 3.05) is 0 Å². The first kappa shape index (κ1) is 11.6. The summed E-state index contributed by atoms with van der Waals surface area (Å²) in [4.78, 5) is 20.9. The quantitative estimate of drug-likeness (QED) is 0.818. The average molecular weight is 246 g/mol. The monoisotopic (exact) mass is 245 g/mol. The largest absolute Gasteiger partial charge is 0.478 e. The fraction of sp³-hybridized carbons (Fsp3) is 0. The van der Waals surface area contributed by atoms with E-state index in [-0.39, 0.29) is 22.5 Å². The molecule has 0 aromatic heterocycles. The molecule has 4 nitrogen and oxygen atoms in total. The van der Waals surface area contributed by atoms with Crippen LogP contribution in [0, 0.1) is 0 Å². The van der Waals surface area contributed by atoms with Gasteiger partial charge in [-0.25, -0.2) is 4.79 Å². The van der Waals surface area contributed by atoms with Crippen molar-refractivity contribution in [1.82, 2.24) is 0 Å². The van der Waals surface area contributed by atoms with E-state index >= 15 is 0 Å². The predicted octanol–water partition coefficient (Wildman–Crippen LogP) is 1.06. The molecule has 0 saturated heterocycles. The van der Waals surface area contributed by atoms with Gasteiger partial charge in [-0.1, -0.05) is 0 Å². The number of halogens is 1. The highest BCUT2D eigenvalue weighted by atomic mass is 79.9. The van der Waals surface area contributed by atoms with E-state index in [1.807, 2.05) is 0 Å². The summed E-state index contributed by atoms with van der Waals surface area (Å²) in [5.74, 6) is -1.59. The summed E-state index contributed by atoms with van der Waals surface area (Å²) in [6, 6.07) is 5.43. The summed E-state index contributed by atoms with van der Waals surface area (Å²) >= 11 is 0. The Labute approximate surface area is 85.1 Å². The Morgan fingerprint density at radius 3 is 1.77 bits per heavy atom. The summed E-state index contributed by atoms with van der Waals surface area (Å²) in [5.41, 5.74) is 5.40. The van der Waals surface area contributed by atoms with Crippen molar-refractivity contribution in [3.8, 4) is 0 Å². The topological polar surface area (TPSA) is 80.4 Å². The maximum absolute atomic E-state index is 10.6. The fourth-order valence-corrected chi connectivity index (χ4v) is 0.777. The van der Waals surface area contributed by atoms with Crippen molar-refractivity contribution in [1.29, 1.82) is 0 Å². The number of carboxylic acid groups (broad SMARTS) is 1. The van der Waals surface area contributed by atoms with Gasteiger partial charge in [0.25, 0.3) is 0 Å². The number of aromatic carboxylic acids is 1. The Hall–Kier alpha value is -1.36. The van der Waals surface area contributed by atoms with Gasteiger partial charge in [-0.05, 0) is 24.3 Å². The van der Waals surface area contributed by atoms with Crippen molar-refractivity contribution in [2.24, 2.45) is 5.73 Å². The predicted molar refractivity (Wildman–Crippen MR) is 52.2 cm³/mol. The van der Waals surface area contributed by atoms with Crippen molar-refractivity contribution in [3.05, 3.63) is 35.4 Å². The number of benzene rings is 1. The molecule has 0 saturated carbocycles. The van der Waals surface area contributed by atoms with E-state index in [2.05, 4.69) is 0 Å². The molecule has 0 atom stereocenters. The highest BCUT2D eigenvalue weighted by Gasteiger charge is 2.03. The Bertz CT molecular complexity index is 288. The van der Waals surface area contributed by atoms with Crippen LogP contribution in [0.15, 0.2) is 24.3 Å². The molecule has 1 rings (SSSR count). The number of carboxylic acids is 1. The Balaban J connectivity index is 0.00000144. The first-order valence-corrected chi connectivity index (χ1v) is 3.24. The summed E-state index contributed by atoms with van der Waals surface area (Å²) in [6.07, 6.45) is 0. The van der Waals surface area contributed by atoms with Gasteiger partial charge in [0, 0.05) is 5.56 Å². The zero-order chi connectivity index (χ0) is 9.14. The number of rotatable bonds is 2. The second kappa shape index (κ2) is 4.61.